The molecule has 2 aromatic rings. The van der Waals surface area contributed by atoms with E-state index in [-0.39, 0.29) is 12.0 Å². The summed E-state index contributed by atoms with van der Waals surface area (Å²) in [6.07, 6.45) is 24.3. The van der Waals surface area contributed by atoms with Gasteiger partial charge in [0.05, 0.1) is 12.2 Å². The van der Waals surface area contributed by atoms with Gasteiger partial charge in [-0.15, -0.1) is 0 Å². The summed E-state index contributed by atoms with van der Waals surface area (Å²) < 4.78 is 2.01. The van der Waals surface area contributed by atoms with Crippen LogP contribution in [0.25, 0.3) is 0 Å². The van der Waals surface area contributed by atoms with Gasteiger partial charge in [0.1, 0.15) is 0 Å². The van der Waals surface area contributed by atoms with Gasteiger partial charge in [0, 0.05) is 36.5 Å². The quantitative estimate of drug-likeness (QED) is 0.413. The Bertz CT molecular complexity index is 1350. The van der Waals surface area contributed by atoms with E-state index in [2.05, 4.69) is 84.7 Å². The summed E-state index contributed by atoms with van der Waals surface area (Å²) in [4.78, 5) is 13.6. The Balaban J connectivity index is 1.33. The molecule has 6 rings (SSSR count). The van der Waals surface area contributed by atoms with Crippen LogP contribution in [0, 0.1) is 5.92 Å². The molecule has 0 spiro atoms. The first-order chi connectivity index (χ1) is 18.5. The molecule has 1 aliphatic heterocycles. The molecule has 2 heterocycles. The smallest absolute Gasteiger partial charge is 0.327 e. The number of aryl methyl sites for hydroxylation is 1. The van der Waals surface area contributed by atoms with E-state index in [4.69, 9.17) is 5.11 Å². The Morgan fingerprint density at radius 2 is 1.92 bits per heavy atom. The van der Waals surface area contributed by atoms with Crippen molar-refractivity contribution in [1.29, 1.82) is 0 Å². The first kappa shape index (κ1) is 24.7. The third-order valence-electron chi connectivity index (χ3n) is 8.58. The largest absolute Gasteiger partial charge is 0.478 e. The van der Waals surface area contributed by atoms with E-state index in [0.29, 0.717) is 12.0 Å². The van der Waals surface area contributed by atoms with Crippen LogP contribution >= 0.6 is 0 Å². The SMILES string of the molecule is CCn1cc(C2C=CC3=C(C2)CC(C)N(c2ccc(C4CC4)cc2)[C@H]3C2=CCC(/C=C/C(=O)O)C=C2)cn1. The molecular weight excluding hydrogens is 470 g/mol. The Hall–Kier alpha value is -3.60. The zero-order valence-electron chi connectivity index (χ0n) is 22.3. The predicted molar refractivity (Wildman–Crippen MR) is 152 cm³/mol. The third kappa shape index (κ3) is 4.94. The van der Waals surface area contributed by atoms with Crippen molar-refractivity contribution in [2.45, 2.75) is 76.4 Å². The first-order valence-electron chi connectivity index (χ1n) is 14.1. The monoisotopic (exact) mass is 507 g/mol. The molecule has 3 aliphatic carbocycles. The highest BCUT2D eigenvalue weighted by atomic mass is 16.4. The van der Waals surface area contributed by atoms with E-state index in [1.165, 1.54) is 46.9 Å². The number of aromatic nitrogens is 2. The Morgan fingerprint density at radius 3 is 2.58 bits per heavy atom. The van der Waals surface area contributed by atoms with Gasteiger partial charge in [0.15, 0.2) is 0 Å². The number of benzene rings is 1. The molecule has 38 heavy (non-hydrogen) atoms. The third-order valence-corrected chi connectivity index (χ3v) is 8.58. The lowest BCUT2D eigenvalue weighted by Gasteiger charge is -2.47. The fourth-order valence-electron chi connectivity index (χ4n) is 6.39. The van der Waals surface area contributed by atoms with Crippen molar-refractivity contribution in [1.82, 2.24) is 9.78 Å². The van der Waals surface area contributed by atoms with Gasteiger partial charge in [-0.25, -0.2) is 4.79 Å². The lowest BCUT2D eigenvalue weighted by molar-refractivity contribution is -0.131. The minimum absolute atomic E-state index is 0.122. The second-order valence-corrected chi connectivity index (χ2v) is 11.2. The predicted octanol–water partition coefficient (Wildman–Crippen LogP) is 6.93. The normalized spacial score (nSPS) is 27.1. The molecule has 1 N–H and O–H groups in total. The van der Waals surface area contributed by atoms with Crippen molar-refractivity contribution in [3.8, 4) is 0 Å². The molecule has 0 amide bonds. The number of rotatable bonds is 7. The van der Waals surface area contributed by atoms with Crippen LogP contribution in [0.5, 0.6) is 0 Å². The van der Waals surface area contributed by atoms with Gasteiger partial charge in [-0.3, -0.25) is 4.68 Å². The maximum absolute atomic E-state index is 11.0. The molecule has 3 unspecified atom stereocenters. The summed E-state index contributed by atoms with van der Waals surface area (Å²) >= 11 is 0. The topological polar surface area (TPSA) is 58.4 Å². The Labute approximate surface area is 225 Å². The lowest BCUT2D eigenvalue weighted by Crippen LogP contribution is -2.48. The first-order valence-corrected chi connectivity index (χ1v) is 14.1. The maximum atomic E-state index is 11.0. The van der Waals surface area contributed by atoms with Crippen LogP contribution in [-0.2, 0) is 11.3 Å². The molecule has 1 aromatic carbocycles. The van der Waals surface area contributed by atoms with Gasteiger partial charge in [-0.2, -0.15) is 5.10 Å². The Morgan fingerprint density at radius 1 is 1.11 bits per heavy atom. The van der Waals surface area contributed by atoms with Gasteiger partial charge < -0.3 is 10.0 Å². The highest BCUT2D eigenvalue weighted by Crippen LogP contribution is 2.45. The summed E-state index contributed by atoms with van der Waals surface area (Å²) in [6, 6.07) is 9.82. The van der Waals surface area contributed by atoms with Crippen LogP contribution in [0.2, 0.25) is 0 Å². The van der Waals surface area contributed by atoms with Crippen molar-refractivity contribution in [2.75, 3.05) is 4.90 Å². The second-order valence-electron chi connectivity index (χ2n) is 11.2. The van der Waals surface area contributed by atoms with Crippen LogP contribution in [0.3, 0.4) is 0 Å². The molecule has 0 bridgehead atoms. The second kappa shape index (κ2) is 10.3. The zero-order chi connectivity index (χ0) is 26.2. The number of carbonyl (C=O) groups is 1. The van der Waals surface area contributed by atoms with Crippen LogP contribution in [0.15, 0.2) is 95.9 Å². The molecule has 0 radical (unpaired) electrons. The van der Waals surface area contributed by atoms with Gasteiger partial charge in [0.25, 0.3) is 0 Å². The number of aliphatic carboxylic acids is 1. The van der Waals surface area contributed by atoms with Crippen molar-refractivity contribution in [2.24, 2.45) is 5.92 Å². The van der Waals surface area contributed by atoms with Crippen LogP contribution < -0.4 is 4.90 Å². The van der Waals surface area contributed by atoms with E-state index in [0.717, 1.165) is 31.7 Å². The highest BCUT2D eigenvalue weighted by molar-refractivity contribution is 5.79. The molecule has 1 fully saturated rings. The van der Waals surface area contributed by atoms with Gasteiger partial charge >= 0.3 is 5.97 Å². The lowest BCUT2D eigenvalue weighted by atomic mass is 9.75. The molecule has 1 aromatic heterocycles. The zero-order valence-corrected chi connectivity index (χ0v) is 22.3. The molecular formula is C33H37N3O2. The number of carboxylic acids is 1. The number of anilines is 1. The van der Waals surface area contributed by atoms with E-state index in [1.807, 2.05) is 10.9 Å². The van der Waals surface area contributed by atoms with Gasteiger partial charge in [-0.1, -0.05) is 54.2 Å². The number of nitrogens with zero attached hydrogens (tertiary/aromatic N) is 3. The molecule has 4 atom stereocenters. The molecule has 196 valence electrons. The Kier molecular flexibility index (Phi) is 6.69. The van der Waals surface area contributed by atoms with Crippen LogP contribution in [0.1, 0.15) is 68.9 Å². The highest BCUT2D eigenvalue weighted by Gasteiger charge is 2.37. The number of carboxylic acid groups (broad SMARTS) is 1. The number of hydrogen-bond acceptors (Lipinski definition) is 3. The van der Waals surface area contributed by atoms with E-state index in [1.54, 1.807) is 11.6 Å². The van der Waals surface area contributed by atoms with Gasteiger partial charge in [0.2, 0.25) is 0 Å². The molecule has 4 aliphatic rings. The fraction of sp³-hybridized carbons (Fsp3) is 0.394. The maximum Gasteiger partial charge on any atom is 0.327 e. The van der Waals surface area contributed by atoms with Gasteiger partial charge in [-0.05, 0) is 92.2 Å². The summed E-state index contributed by atoms with van der Waals surface area (Å²) in [5.74, 6) is 0.351. The molecule has 5 heteroatoms. The van der Waals surface area contributed by atoms with E-state index >= 15 is 0 Å². The minimum Gasteiger partial charge on any atom is -0.478 e. The number of hydrogen-bond donors (Lipinski definition) is 1. The van der Waals surface area contributed by atoms with E-state index < -0.39 is 5.97 Å². The molecule has 1 saturated carbocycles. The standard InChI is InChI=1S/C33H37N3O2/c1-3-35-21-29(20-34-35)27-13-16-31-28(19-27)18-22(2)36(30-14-11-25(12-15-30)24-9-10-24)33(31)26-7-4-23(5-8-26)6-17-32(37)38/h4,6-8,11-17,20-24,27,33H,3,5,9-10,18-19H2,1-2H3,(H,37,38)/b17-6+/t22?,23?,27?,33-/m0/s1. The molecule has 5 nitrogen and oxygen atoms in total. The van der Waals surface area contributed by atoms with Crippen LogP contribution in [0.4, 0.5) is 5.69 Å². The molecule has 0 saturated heterocycles. The summed E-state index contributed by atoms with van der Waals surface area (Å²) in [5, 5.41) is 13.6. The van der Waals surface area contributed by atoms with Crippen molar-refractivity contribution in [3.63, 3.8) is 0 Å². The van der Waals surface area contributed by atoms with Crippen molar-refractivity contribution < 1.29 is 9.90 Å². The average Bonchev–Trinajstić information content (AvgIpc) is 3.67. The number of allylic oxidation sites excluding steroid dienone is 4. The fourth-order valence-corrected chi connectivity index (χ4v) is 6.39. The summed E-state index contributed by atoms with van der Waals surface area (Å²) in [5.41, 5.74) is 8.31. The van der Waals surface area contributed by atoms with Crippen molar-refractivity contribution in [3.05, 3.63) is 107 Å². The van der Waals surface area contributed by atoms with Crippen molar-refractivity contribution >= 4 is 11.7 Å². The minimum atomic E-state index is -0.892. The van der Waals surface area contributed by atoms with E-state index in [9.17, 15) is 4.79 Å². The average molecular weight is 508 g/mol. The van der Waals surface area contributed by atoms with Crippen LogP contribution in [-0.4, -0.2) is 32.9 Å². The summed E-state index contributed by atoms with van der Waals surface area (Å²) in [6.45, 7) is 5.38. The summed E-state index contributed by atoms with van der Waals surface area (Å²) in [7, 11) is 0.